The quantitative estimate of drug-likeness (QED) is 0.804. The second-order valence-electron chi connectivity index (χ2n) is 3.45. The minimum Gasteiger partial charge on any atom is -0.352 e. The molecule has 2 heterocycles. The first-order valence-corrected chi connectivity index (χ1v) is 5.57. The highest BCUT2D eigenvalue weighted by atomic mass is 127. The number of aromatic nitrogens is 1. The van der Waals surface area contributed by atoms with Crippen molar-refractivity contribution in [3.8, 4) is 0 Å². The van der Waals surface area contributed by atoms with Crippen molar-refractivity contribution in [3.05, 3.63) is 16.1 Å². The summed E-state index contributed by atoms with van der Waals surface area (Å²) in [5.41, 5.74) is 2.98. The Hall–Kier alpha value is -0.370. The zero-order valence-electron chi connectivity index (χ0n) is 8.78. The number of guanidine groups is 1. The van der Waals surface area contributed by atoms with Gasteiger partial charge >= 0.3 is 0 Å². The van der Waals surface area contributed by atoms with Gasteiger partial charge in [-0.15, -0.1) is 35.3 Å². The van der Waals surface area contributed by atoms with Crippen LogP contribution in [-0.4, -0.2) is 23.5 Å². The molecule has 0 saturated carbocycles. The van der Waals surface area contributed by atoms with E-state index in [1.165, 1.54) is 4.88 Å². The molecule has 1 atom stereocenters. The lowest BCUT2D eigenvalue weighted by molar-refractivity contribution is 0.713. The van der Waals surface area contributed by atoms with Crippen LogP contribution in [0.2, 0.25) is 0 Å². The first-order valence-electron chi connectivity index (χ1n) is 4.69. The summed E-state index contributed by atoms with van der Waals surface area (Å²) in [7, 11) is 0. The van der Waals surface area contributed by atoms with E-state index in [1.807, 2.05) is 12.4 Å². The van der Waals surface area contributed by atoms with Crippen molar-refractivity contribution in [2.45, 2.75) is 26.4 Å². The van der Waals surface area contributed by atoms with Gasteiger partial charge in [-0.25, -0.2) is 4.98 Å². The van der Waals surface area contributed by atoms with Crippen molar-refractivity contribution < 1.29 is 0 Å². The Kier molecular flexibility index (Phi) is 4.78. The molecule has 0 amide bonds. The van der Waals surface area contributed by atoms with E-state index in [0.717, 1.165) is 24.7 Å². The maximum absolute atomic E-state index is 4.32. The van der Waals surface area contributed by atoms with Crippen LogP contribution >= 0.6 is 35.3 Å². The Labute approximate surface area is 111 Å². The van der Waals surface area contributed by atoms with E-state index in [4.69, 9.17) is 0 Å². The van der Waals surface area contributed by atoms with E-state index < -0.39 is 0 Å². The van der Waals surface area contributed by atoms with E-state index >= 15 is 0 Å². The molecule has 84 valence electrons. The fraction of sp³-hybridized carbons (Fsp3) is 0.556. The van der Waals surface area contributed by atoms with E-state index in [2.05, 4.69) is 27.5 Å². The van der Waals surface area contributed by atoms with Gasteiger partial charge in [-0.1, -0.05) is 0 Å². The highest BCUT2D eigenvalue weighted by Crippen LogP contribution is 2.11. The van der Waals surface area contributed by atoms with Gasteiger partial charge in [0.2, 0.25) is 0 Å². The molecule has 2 rings (SSSR count). The smallest absolute Gasteiger partial charge is 0.191 e. The lowest BCUT2D eigenvalue weighted by Gasteiger charge is -2.07. The zero-order chi connectivity index (χ0) is 9.97. The van der Waals surface area contributed by atoms with Crippen molar-refractivity contribution in [2.24, 2.45) is 4.99 Å². The minimum absolute atomic E-state index is 0. The summed E-state index contributed by atoms with van der Waals surface area (Å²) in [5, 5.41) is 6.52. The first-order chi connectivity index (χ1) is 6.75. The van der Waals surface area contributed by atoms with Gasteiger partial charge in [0, 0.05) is 10.9 Å². The standard InChI is InChI=1S/C9H14N4S.HI/c1-6-3-10-9(13-6)11-4-8-7(2)12-5-14-8;/h5-6H,3-4H2,1-2H3,(H2,10,11,13);1H. The van der Waals surface area contributed by atoms with Gasteiger partial charge in [0.25, 0.3) is 0 Å². The predicted octanol–water partition coefficient (Wildman–Crippen LogP) is 1.51. The number of hydrogen-bond donors (Lipinski definition) is 2. The summed E-state index contributed by atoms with van der Waals surface area (Å²) >= 11 is 1.68. The molecule has 1 aliphatic heterocycles. The van der Waals surface area contributed by atoms with E-state index in [-0.39, 0.29) is 24.0 Å². The van der Waals surface area contributed by atoms with Crippen LogP contribution < -0.4 is 10.6 Å². The molecule has 15 heavy (non-hydrogen) atoms. The molecule has 1 unspecified atom stereocenters. The van der Waals surface area contributed by atoms with E-state index in [1.54, 1.807) is 11.3 Å². The molecule has 1 aromatic rings. The second-order valence-corrected chi connectivity index (χ2v) is 4.39. The minimum atomic E-state index is 0. The molecule has 1 aromatic heterocycles. The van der Waals surface area contributed by atoms with Gasteiger partial charge in [-0.05, 0) is 13.8 Å². The Morgan fingerprint density at radius 2 is 2.47 bits per heavy atom. The molecule has 4 nitrogen and oxygen atoms in total. The van der Waals surface area contributed by atoms with Gasteiger partial charge in [-0.2, -0.15) is 0 Å². The monoisotopic (exact) mass is 338 g/mol. The van der Waals surface area contributed by atoms with Gasteiger partial charge < -0.3 is 10.6 Å². The van der Waals surface area contributed by atoms with Crippen molar-refractivity contribution >= 4 is 41.3 Å². The van der Waals surface area contributed by atoms with Crippen molar-refractivity contribution in [1.82, 2.24) is 15.6 Å². The highest BCUT2D eigenvalue weighted by Gasteiger charge is 2.12. The third-order valence-corrected chi connectivity index (χ3v) is 3.10. The number of halogens is 1. The van der Waals surface area contributed by atoms with Crippen LogP contribution in [0.4, 0.5) is 0 Å². The number of thiazole rings is 1. The van der Waals surface area contributed by atoms with Crippen molar-refractivity contribution in [2.75, 3.05) is 6.54 Å². The van der Waals surface area contributed by atoms with E-state index in [0.29, 0.717) is 6.04 Å². The Bertz CT molecular complexity index is 350. The Balaban J connectivity index is 0.00000112. The van der Waals surface area contributed by atoms with Gasteiger partial charge in [-0.3, -0.25) is 4.99 Å². The maximum Gasteiger partial charge on any atom is 0.191 e. The number of rotatable bonds is 2. The highest BCUT2D eigenvalue weighted by molar-refractivity contribution is 14.0. The van der Waals surface area contributed by atoms with Crippen molar-refractivity contribution in [1.29, 1.82) is 0 Å². The molecule has 0 radical (unpaired) electrons. The molecule has 0 bridgehead atoms. The molecule has 0 spiro atoms. The molecule has 2 N–H and O–H groups in total. The molecular weight excluding hydrogens is 323 g/mol. The largest absolute Gasteiger partial charge is 0.352 e. The molecule has 0 aromatic carbocycles. The van der Waals surface area contributed by atoms with Crippen LogP contribution in [0.25, 0.3) is 0 Å². The summed E-state index contributed by atoms with van der Waals surface area (Å²) in [6.45, 7) is 5.83. The summed E-state index contributed by atoms with van der Waals surface area (Å²) in [6, 6.07) is 0.458. The van der Waals surface area contributed by atoms with E-state index in [9.17, 15) is 0 Å². The lowest BCUT2D eigenvalue weighted by Crippen LogP contribution is -2.37. The summed E-state index contributed by atoms with van der Waals surface area (Å²) in [5.74, 6) is 0.908. The number of hydrogen-bond acceptors (Lipinski definition) is 5. The zero-order valence-corrected chi connectivity index (χ0v) is 11.9. The third-order valence-electron chi connectivity index (χ3n) is 2.17. The first kappa shape index (κ1) is 12.7. The predicted molar refractivity (Wildman–Crippen MR) is 74.0 cm³/mol. The van der Waals surface area contributed by atoms with Gasteiger partial charge in [0.1, 0.15) is 0 Å². The Morgan fingerprint density at radius 3 is 3.00 bits per heavy atom. The third kappa shape index (κ3) is 3.30. The maximum atomic E-state index is 4.32. The van der Waals surface area contributed by atoms with Crippen LogP contribution in [0.3, 0.4) is 0 Å². The average molecular weight is 338 g/mol. The van der Waals surface area contributed by atoms with Crippen LogP contribution in [0.15, 0.2) is 10.5 Å². The lowest BCUT2D eigenvalue weighted by atomic mass is 10.4. The fourth-order valence-electron chi connectivity index (χ4n) is 1.32. The van der Waals surface area contributed by atoms with Gasteiger partial charge in [0.05, 0.1) is 24.3 Å². The average Bonchev–Trinajstić information content (AvgIpc) is 2.72. The SMILES string of the molecule is Cc1ncsc1CNC1=NCC(C)N1.I. The molecule has 6 heteroatoms. The summed E-state index contributed by atoms with van der Waals surface area (Å²) in [6.07, 6.45) is 0. The van der Waals surface area contributed by atoms with Crippen LogP contribution in [-0.2, 0) is 6.54 Å². The van der Waals surface area contributed by atoms with Crippen LogP contribution in [0.5, 0.6) is 0 Å². The molecule has 0 aliphatic carbocycles. The fourth-order valence-corrected chi connectivity index (χ4v) is 2.04. The van der Waals surface area contributed by atoms with Gasteiger partial charge in [0.15, 0.2) is 5.96 Å². The molecule has 0 saturated heterocycles. The topological polar surface area (TPSA) is 49.3 Å². The summed E-state index contributed by atoms with van der Waals surface area (Å²) in [4.78, 5) is 9.79. The molecular formula is C9H15IN4S. The second kappa shape index (κ2) is 5.64. The number of nitrogens with zero attached hydrogens (tertiary/aromatic N) is 2. The van der Waals surface area contributed by atoms with Crippen molar-refractivity contribution in [3.63, 3.8) is 0 Å². The van der Waals surface area contributed by atoms with Crippen LogP contribution in [0, 0.1) is 6.92 Å². The number of nitrogens with one attached hydrogen (secondary N) is 2. The van der Waals surface area contributed by atoms with Crippen LogP contribution in [0.1, 0.15) is 17.5 Å². The summed E-state index contributed by atoms with van der Waals surface area (Å²) < 4.78 is 0. The molecule has 1 aliphatic rings. The number of aliphatic imine (C=N–C) groups is 1. The Morgan fingerprint density at radius 1 is 1.67 bits per heavy atom. The normalized spacial score (nSPS) is 19.1. The molecule has 0 fully saturated rings. The number of aryl methyl sites for hydroxylation is 1.